The van der Waals surface area contributed by atoms with Gasteiger partial charge in [0.15, 0.2) is 0 Å². The van der Waals surface area contributed by atoms with Gasteiger partial charge < -0.3 is 5.73 Å². The average Bonchev–Trinajstić information content (AvgIpc) is 2.37. The number of halogens is 5. The Morgan fingerprint density at radius 3 is 2.15 bits per heavy atom. The van der Waals surface area contributed by atoms with Crippen LogP contribution in [0.1, 0.15) is 20.6 Å². The highest BCUT2D eigenvalue weighted by atomic mass is 127. The minimum absolute atomic E-state index is 0.0945. The van der Waals surface area contributed by atoms with Crippen LogP contribution in [-0.4, -0.2) is 0 Å². The Labute approximate surface area is 136 Å². The van der Waals surface area contributed by atoms with E-state index in [1.165, 1.54) is 12.1 Å². The Hall–Kier alpha value is -0.760. The molecule has 2 aromatic carbocycles. The van der Waals surface area contributed by atoms with Gasteiger partial charge in [-0.25, -0.2) is 0 Å². The van der Waals surface area contributed by atoms with E-state index in [0.29, 0.717) is 5.69 Å². The Balaban J connectivity index is 2.31. The first-order valence-corrected chi connectivity index (χ1v) is 7.69. The fourth-order valence-electron chi connectivity index (χ4n) is 1.80. The molecule has 1 atom stereocenters. The molecule has 2 aromatic rings. The molecule has 0 aliphatic carbocycles. The lowest BCUT2D eigenvalue weighted by Gasteiger charge is -2.15. The van der Waals surface area contributed by atoms with Crippen LogP contribution < -0.4 is 5.73 Å². The molecule has 0 saturated heterocycles. The van der Waals surface area contributed by atoms with Crippen LogP contribution in [0.25, 0.3) is 0 Å². The third-order valence-electron chi connectivity index (χ3n) is 2.85. The number of nitrogen functional groups attached to an aromatic ring is 1. The molecule has 20 heavy (non-hydrogen) atoms. The first kappa shape index (κ1) is 15.6. The van der Waals surface area contributed by atoms with Crippen molar-refractivity contribution >= 4 is 44.2 Å². The van der Waals surface area contributed by atoms with Crippen LogP contribution >= 0.6 is 38.5 Å². The van der Waals surface area contributed by atoms with Gasteiger partial charge >= 0.3 is 6.18 Å². The van der Waals surface area contributed by atoms with Crippen LogP contribution in [0.15, 0.2) is 46.9 Å². The number of alkyl halides is 4. The third-order valence-corrected chi connectivity index (χ3v) is 4.74. The fourth-order valence-corrected chi connectivity index (χ4v) is 3.16. The highest BCUT2D eigenvalue weighted by Gasteiger charge is 2.30. The summed E-state index contributed by atoms with van der Waals surface area (Å²) >= 11 is 5.49. The van der Waals surface area contributed by atoms with E-state index in [9.17, 15) is 13.2 Å². The van der Waals surface area contributed by atoms with Gasteiger partial charge in [0.2, 0.25) is 0 Å². The van der Waals surface area contributed by atoms with Crippen LogP contribution in [0.5, 0.6) is 0 Å². The van der Waals surface area contributed by atoms with E-state index in [2.05, 4.69) is 38.5 Å². The lowest BCUT2D eigenvalue weighted by atomic mass is 10.0. The second-order valence-electron chi connectivity index (χ2n) is 4.26. The van der Waals surface area contributed by atoms with Gasteiger partial charge in [0.05, 0.1) is 9.49 Å². The summed E-state index contributed by atoms with van der Waals surface area (Å²) in [7, 11) is 0. The zero-order valence-electron chi connectivity index (χ0n) is 10.1. The highest BCUT2D eigenvalue weighted by Crippen LogP contribution is 2.37. The van der Waals surface area contributed by atoms with Gasteiger partial charge in [-0.1, -0.05) is 56.7 Å². The molecule has 2 N–H and O–H groups in total. The van der Waals surface area contributed by atoms with Crippen LogP contribution in [-0.2, 0) is 6.18 Å². The van der Waals surface area contributed by atoms with Crippen LogP contribution in [0, 0.1) is 0 Å². The van der Waals surface area contributed by atoms with Gasteiger partial charge in [-0.15, -0.1) is 0 Å². The summed E-state index contributed by atoms with van der Waals surface area (Å²) in [5.41, 5.74) is 7.58. The van der Waals surface area contributed by atoms with E-state index >= 15 is 0 Å². The zero-order chi connectivity index (χ0) is 14.9. The molecule has 2 rings (SSSR count). The molecule has 0 fully saturated rings. The van der Waals surface area contributed by atoms with Crippen molar-refractivity contribution in [2.45, 2.75) is 10.1 Å². The largest absolute Gasteiger partial charge is 0.416 e. The van der Waals surface area contributed by atoms with Crippen molar-refractivity contribution in [3.8, 4) is 0 Å². The van der Waals surface area contributed by atoms with Crippen molar-refractivity contribution in [2.24, 2.45) is 0 Å². The molecular formula is C14H10BrF3IN. The maximum absolute atomic E-state index is 12.5. The first-order chi connectivity index (χ1) is 9.29. The average molecular weight is 456 g/mol. The lowest BCUT2D eigenvalue weighted by Crippen LogP contribution is -2.05. The van der Waals surface area contributed by atoms with Crippen molar-refractivity contribution in [3.05, 3.63) is 63.6 Å². The minimum atomic E-state index is -4.31. The maximum Gasteiger partial charge on any atom is 0.416 e. The smallest absolute Gasteiger partial charge is 0.398 e. The number of benzene rings is 2. The quantitative estimate of drug-likeness (QED) is 0.357. The van der Waals surface area contributed by atoms with Crippen molar-refractivity contribution in [1.82, 2.24) is 0 Å². The van der Waals surface area contributed by atoms with Gasteiger partial charge in [-0.05, 0) is 35.4 Å². The van der Waals surface area contributed by atoms with E-state index in [-0.39, 0.29) is 3.92 Å². The number of hydrogen-bond donors (Lipinski definition) is 1. The molecule has 0 amide bonds. The Kier molecular flexibility index (Phi) is 4.63. The van der Waals surface area contributed by atoms with Gasteiger partial charge in [0.25, 0.3) is 0 Å². The molecule has 0 heterocycles. The van der Waals surface area contributed by atoms with E-state index in [1.54, 1.807) is 6.07 Å². The minimum Gasteiger partial charge on any atom is -0.398 e. The molecule has 6 heteroatoms. The van der Waals surface area contributed by atoms with E-state index in [4.69, 9.17) is 5.73 Å². The van der Waals surface area contributed by atoms with E-state index in [0.717, 1.165) is 27.7 Å². The molecule has 0 spiro atoms. The molecule has 0 bridgehead atoms. The van der Waals surface area contributed by atoms with Crippen molar-refractivity contribution in [2.75, 3.05) is 5.73 Å². The fraction of sp³-hybridized carbons (Fsp3) is 0.143. The summed E-state index contributed by atoms with van der Waals surface area (Å²) in [5, 5.41) is 0. The van der Waals surface area contributed by atoms with E-state index in [1.807, 2.05) is 12.1 Å². The summed E-state index contributed by atoms with van der Waals surface area (Å²) in [6, 6.07) is 10.7. The number of anilines is 1. The van der Waals surface area contributed by atoms with Crippen LogP contribution in [0.3, 0.4) is 0 Å². The standard InChI is InChI=1S/C14H10BrF3IN/c15-10-5-6-11(12(20)7-10)13(19)8-1-3-9(4-2-8)14(16,17)18/h1-7,13H,20H2. The Bertz CT molecular complexity index is 611. The molecule has 0 aliphatic heterocycles. The van der Waals surface area contributed by atoms with Crippen molar-refractivity contribution in [1.29, 1.82) is 0 Å². The number of rotatable bonds is 2. The Morgan fingerprint density at radius 2 is 1.65 bits per heavy atom. The molecule has 0 saturated carbocycles. The monoisotopic (exact) mass is 455 g/mol. The van der Waals surface area contributed by atoms with Crippen molar-refractivity contribution in [3.63, 3.8) is 0 Å². The van der Waals surface area contributed by atoms with Crippen LogP contribution in [0.2, 0.25) is 0 Å². The second kappa shape index (κ2) is 5.93. The summed E-state index contributed by atoms with van der Waals surface area (Å²) in [6.45, 7) is 0. The van der Waals surface area contributed by atoms with E-state index < -0.39 is 11.7 Å². The normalized spacial score (nSPS) is 13.2. The maximum atomic E-state index is 12.5. The predicted octanol–water partition coefficient (Wildman–Crippen LogP) is 5.57. The zero-order valence-corrected chi connectivity index (χ0v) is 13.8. The molecule has 1 nitrogen and oxygen atoms in total. The number of nitrogens with two attached hydrogens (primary N) is 1. The lowest BCUT2D eigenvalue weighted by molar-refractivity contribution is -0.137. The third kappa shape index (κ3) is 3.46. The van der Waals surface area contributed by atoms with Gasteiger partial charge in [-0.2, -0.15) is 13.2 Å². The Morgan fingerprint density at radius 1 is 1.05 bits per heavy atom. The second-order valence-corrected chi connectivity index (χ2v) is 6.42. The topological polar surface area (TPSA) is 26.0 Å². The van der Waals surface area contributed by atoms with Crippen molar-refractivity contribution < 1.29 is 13.2 Å². The van der Waals surface area contributed by atoms with Gasteiger partial charge in [0, 0.05) is 10.2 Å². The molecule has 0 aliphatic rings. The van der Waals surface area contributed by atoms with Crippen LogP contribution in [0.4, 0.5) is 18.9 Å². The highest BCUT2D eigenvalue weighted by molar-refractivity contribution is 14.1. The molecule has 0 radical (unpaired) electrons. The summed E-state index contributed by atoms with van der Waals surface area (Å²) < 4.78 is 38.4. The summed E-state index contributed by atoms with van der Waals surface area (Å²) in [6.07, 6.45) is -4.31. The number of hydrogen-bond acceptors (Lipinski definition) is 1. The molecular weight excluding hydrogens is 446 g/mol. The van der Waals surface area contributed by atoms with Gasteiger partial charge in [0.1, 0.15) is 0 Å². The molecule has 0 aromatic heterocycles. The molecule has 106 valence electrons. The summed E-state index contributed by atoms with van der Waals surface area (Å²) in [4.78, 5) is 0. The first-order valence-electron chi connectivity index (χ1n) is 5.65. The predicted molar refractivity (Wildman–Crippen MR) is 85.9 cm³/mol. The SMILES string of the molecule is Nc1cc(Br)ccc1C(I)c1ccc(C(F)(F)F)cc1. The van der Waals surface area contributed by atoms with Gasteiger partial charge in [-0.3, -0.25) is 0 Å². The summed E-state index contributed by atoms with van der Waals surface area (Å²) in [5.74, 6) is 0. The molecule has 1 unspecified atom stereocenters.